The van der Waals surface area contributed by atoms with Gasteiger partial charge in [0.1, 0.15) is 0 Å². The first-order valence-electron chi connectivity index (χ1n) is 11.8. The summed E-state index contributed by atoms with van der Waals surface area (Å²) in [5.41, 5.74) is 3.05. The van der Waals surface area contributed by atoms with Crippen LogP contribution in [0.2, 0.25) is 0 Å². The van der Waals surface area contributed by atoms with E-state index in [-0.39, 0.29) is 17.7 Å². The monoisotopic (exact) mass is 456 g/mol. The second-order valence-electron chi connectivity index (χ2n) is 8.82. The molecule has 0 N–H and O–H groups in total. The van der Waals surface area contributed by atoms with Crippen molar-refractivity contribution in [3.05, 3.63) is 83.6 Å². The number of nitrogens with zero attached hydrogens (tertiary/aromatic N) is 6. The molecular formula is C26H28N6O2. The number of hydrogen-bond acceptors (Lipinski definition) is 5. The molecule has 0 aromatic carbocycles. The largest absolute Gasteiger partial charge is 0.339 e. The van der Waals surface area contributed by atoms with Crippen LogP contribution in [0, 0.1) is 6.92 Å². The molecule has 8 nitrogen and oxygen atoms in total. The zero-order valence-corrected chi connectivity index (χ0v) is 19.3. The van der Waals surface area contributed by atoms with Crippen molar-refractivity contribution < 1.29 is 9.59 Å². The molecule has 0 unspecified atom stereocenters. The summed E-state index contributed by atoms with van der Waals surface area (Å²) >= 11 is 0. The smallest absolute Gasteiger partial charge is 0.256 e. The fraction of sp³-hybridized carbons (Fsp3) is 0.346. The summed E-state index contributed by atoms with van der Waals surface area (Å²) in [4.78, 5) is 39.2. The minimum atomic E-state index is -0.0217. The van der Waals surface area contributed by atoms with Crippen LogP contribution in [0.4, 0.5) is 0 Å². The van der Waals surface area contributed by atoms with Gasteiger partial charge in [-0.25, -0.2) is 9.67 Å². The molecule has 0 radical (unpaired) electrons. The van der Waals surface area contributed by atoms with Crippen LogP contribution in [0.25, 0.3) is 5.82 Å². The highest BCUT2D eigenvalue weighted by atomic mass is 16.2. The lowest BCUT2D eigenvalue weighted by Gasteiger charge is -2.33. The maximum absolute atomic E-state index is 13.2. The molecule has 34 heavy (non-hydrogen) atoms. The number of aromatic nitrogens is 4. The summed E-state index contributed by atoms with van der Waals surface area (Å²) in [6.07, 6.45) is 11.7. The van der Waals surface area contributed by atoms with Gasteiger partial charge >= 0.3 is 0 Å². The fourth-order valence-electron chi connectivity index (χ4n) is 4.66. The van der Waals surface area contributed by atoms with E-state index in [4.69, 9.17) is 4.98 Å². The van der Waals surface area contributed by atoms with Crippen LogP contribution in [0.5, 0.6) is 0 Å². The molecule has 174 valence electrons. The molecule has 3 aromatic rings. The summed E-state index contributed by atoms with van der Waals surface area (Å²) in [5.74, 6) is 0.857. The Morgan fingerprint density at radius 2 is 1.82 bits per heavy atom. The van der Waals surface area contributed by atoms with Gasteiger partial charge in [0.05, 0.1) is 16.8 Å². The molecule has 5 heterocycles. The molecule has 0 saturated carbocycles. The number of piperidine rings is 1. The first-order chi connectivity index (χ1) is 16.6. The number of hydrogen-bond donors (Lipinski definition) is 0. The molecule has 5 rings (SSSR count). The molecule has 2 aliphatic heterocycles. The van der Waals surface area contributed by atoms with Crippen molar-refractivity contribution in [2.45, 2.75) is 32.1 Å². The topological polar surface area (TPSA) is 84.2 Å². The molecule has 0 atom stereocenters. The summed E-state index contributed by atoms with van der Waals surface area (Å²) in [6.45, 7) is 4.59. The van der Waals surface area contributed by atoms with Crippen LogP contribution in [0.15, 0.2) is 61.1 Å². The molecule has 1 fully saturated rings. The van der Waals surface area contributed by atoms with Crippen LogP contribution in [-0.4, -0.2) is 67.5 Å². The van der Waals surface area contributed by atoms with E-state index in [1.165, 1.54) is 0 Å². The van der Waals surface area contributed by atoms with Crippen LogP contribution in [0.1, 0.15) is 57.3 Å². The van der Waals surface area contributed by atoms with Crippen LogP contribution in [0.3, 0.4) is 0 Å². The maximum Gasteiger partial charge on any atom is 0.256 e. The van der Waals surface area contributed by atoms with E-state index in [1.807, 2.05) is 47.2 Å². The molecular weight excluding hydrogens is 428 g/mol. The number of carbonyl (C=O) groups is 2. The lowest BCUT2D eigenvalue weighted by molar-refractivity contribution is 0.0705. The van der Waals surface area contributed by atoms with Gasteiger partial charge in [0.2, 0.25) is 0 Å². The van der Waals surface area contributed by atoms with Gasteiger partial charge in [-0.2, -0.15) is 5.10 Å². The third kappa shape index (κ3) is 4.48. The lowest BCUT2D eigenvalue weighted by Crippen LogP contribution is -2.39. The zero-order chi connectivity index (χ0) is 23.5. The molecule has 0 aliphatic carbocycles. The molecule has 8 heteroatoms. The molecule has 2 amide bonds. The minimum Gasteiger partial charge on any atom is -0.339 e. The number of rotatable bonds is 4. The van der Waals surface area contributed by atoms with Crippen LogP contribution < -0.4 is 0 Å². The normalized spacial score (nSPS) is 16.6. The van der Waals surface area contributed by atoms with Crippen molar-refractivity contribution in [1.82, 2.24) is 29.5 Å². The van der Waals surface area contributed by atoms with Crippen molar-refractivity contribution in [3.8, 4) is 5.82 Å². The van der Waals surface area contributed by atoms with Crippen LogP contribution >= 0.6 is 0 Å². The Morgan fingerprint density at radius 1 is 0.971 bits per heavy atom. The van der Waals surface area contributed by atoms with Gasteiger partial charge in [-0.15, -0.1) is 0 Å². The van der Waals surface area contributed by atoms with Crippen molar-refractivity contribution in [3.63, 3.8) is 0 Å². The average Bonchev–Trinajstić information content (AvgIpc) is 3.44. The predicted molar refractivity (Wildman–Crippen MR) is 128 cm³/mol. The molecule has 2 aliphatic rings. The maximum atomic E-state index is 13.2. The Kier molecular flexibility index (Phi) is 6.20. The summed E-state index contributed by atoms with van der Waals surface area (Å²) < 4.78 is 1.66. The van der Waals surface area contributed by atoms with Gasteiger partial charge in [0.15, 0.2) is 5.82 Å². The number of carbonyl (C=O) groups excluding carboxylic acids is 2. The number of pyridine rings is 2. The Balaban J connectivity index is 1.27. The van der Waals surface area contributed by atoms with Gasteiger partial charge < -0.3 is 9.80 Å². The van der Waals surface area contributed by atoms with E-state index < -0.39 is 0 Å². The summed E-state index contributed by atoms with van der Waals surface area (Å²) in [6, 6.07) is 9.26. The predicted octanol–water partition coefficient (Wildman–Crippen LogP) is 3.39. The van der Waals surface area contributed by atoms with Crippen LogP contribution in [-0.2, 0) is 0 Å². The third-order valence-electron chi connectivity index (χ3n) is 6.54. The van der Waals surface area contributed by atoms with Crippen molar-refractivity contribution in [2.24, 2.45) is 0 Å². The first kappa shape index (κ1) is 22.0. The van der Waals surface area contributed by atoms with E-state index in [0.29, 0.717) is 36.6 Å². The molecule has 3 aromatic heterocycles. The van der Waals surface area contributed by atoms with Crippen molar-refractivity contribution in [1.29, 1.82) is 0 Å². The fourth-order valence-corrected chi connectivity index (χ4v) is 4.66. The SMILES string of the molecule is Cc1ccc(C(=O)N2CC=CCC2)c(C2CCN(C(=O)c3ccc(-n4cccn4)nc3)CC2)n1. The van der Waals surface area contributed by atoms with Gasteiger partial charge in [-0.1, -0.05) is 12.2 Å². The van der Waals surface area contributed by atoms with Gasteiger partial charge in [-0.05, 0) is 56.5 Å². The number of aryl methyl sites for hydroxylation is 1. The van der Waals surface area contributed by atoms with Gasteiger partial charge in [-0.3, -0.25) is 14.6 Å². The second-order valence-corrected chi connectivity index (χ2v) is 8.82. The Hall–Kier alpha value is -3.81. The Labute approximate surface area is 198 Å². The molecule has 0 spiro atoms. The van der Waals surface area contributed by atoms with E-state index in [0.717, 1.165) is 37.2 Å². The first-order valence-corrected chi connectivity index (χ1v) is 11.8. The quantitative estimate of drug-likeness (QED) is 0.562. The lowest BCUT2D eigenvalue weighted by atomic mass is 9.89. The number of likely N-dealkylation sites (tertiary alicyclic amines) is 1. The number of amides is 2. The van der Waals surface area contributed by atoms with Crippen molar-refractivity contribution in [2.75, 3.05) is 26.2 Å². The highest BCUT2D eigenvalue weighted by molar-refractivity contribution is 5.96. The summed E-state index contributed by atoms with van der Waals surface area (Å²) in [7, 11) is 0. The van der Waals surface area contributed by atoms with Crippen molar-refractivity contribution >= 4 is 11.8 Å². The Bertz CT molecular complexity index is 1190. The standard InChI is InChI=1S/C26H28N6O2/c1-19-6-8-22(26(34)30-13-3-2-4-14-30)24(29-19)20-10-16-31(17-11-20)25(33)21-7-9-23(27-18-21)32-15-5-12-28-32/h2-3,5-9,12,15,18,20H,4,10-11,13-14,16-17H2,1H3. The van der Waals surface area contributed by atoms with E-state index >= 15 is 0 Å². The Morgan fingerprint density at radius 3 is 2.50 bits per heavy atom. The van der Waals surface area contributed by atoms with E-state index in [1.54, 1.807) is 29.2 Å². The second kappa shape index (κ2) is 9.59. The average molecular weight is 457 g/mol. The van der Waals surface area contributed by atoms with Gasteiger partial charge in [0, 0.05) is 56.4 Å². The molecule has 1 saturated heterocycles. The highest BCUT2D eigenvalue weighted by Crippen LogP contribution is 2.31. The van der Waals surface area contributed by atoms with E-state index in [2.05, 4.69) is 16.2 Å². The zero-order valence-electron chi connectivity index (χ0n) is 19.3. The minimum absolute atomic E-state index is 0.0217. The van der Waals surface area contributed by atoms with Gasteiger partial charge in [0.25, 0.3) is 11.8 Å². The third-order valence-corrected chi connectivity index (χ3v) is 6.54. The molecule has 0 bridgehead atoms. The summed E-state index contributed by atoms with van der Waals surface area (Å²) in [5, 5.41) is 4.17. The highest BCUT2D eigenvalue weighted by Gasteiger charge is 2.29. The van der Waals surface area contributed by atoms with E-state index in [9.17, 15) is 9.59 Å².